The van der Waals surface area contributed by atoms with Crippen LogP contribution in [-0.4, -0.2) is 64.2 Å². The van der Waals surface area contributed by atoms with Crippen LogP contribution in [0.2, 0.25) is 0 Å². The van der Waals surface area contributed by atoms with E-state index in [4.69, 9.17) is 23.1 Å². The molecule has 0 saturated heterocycles. The highest BCUT2D eigenvalue weighted by molar-refractivity contribution is 7.86. The monoisotopic (exact) mass is 593 g/mol. The number of esters is 2. The zero-order chi connectivity index (χ0) is 30.3. The molecular formula is C29H39NO10S. The fraction of sp³-hybridized carbons (Fsp3) is 0.483. The normalized spacial score (nSPS) is 13.2. The molecule has 1 N–H and O–H groups in total. The maximum absolute atomic E-state index is 13.2. The number of nitrogens with one attached hydrogen (secondary N) is 1. The second-order valence-electron chi connectivity index (χ2n) is 10.00. The van der Waals surface area contributed by atoms with Crippen LogP contribution < -0.4 is 5.32 Å². The first kappa shape index (κ1) is 33.9. The van der Waals surface area contributed by atoms with Crippen molar-refractivity contribution in [2.75, 3.05) is 25.5 Å². The van der Waals surface area contributed by atoms with Crippen LogP contribution in [0.3, 0.4) is 0 Å². The lowest BCUT2D eigenvalue weighted by atomic mass is 9.87. The van der Waals surface area contributed by atoms with Crippen molar-refractivity contribution in [3.8, 4) is 0 Å². The van der Waals surface area contributed by atoms with Crippen molar-refractivity contribution in [1.82, 2.24) is 5.32 Å². The van der Waals surface area contributed by atoms with Crippen molar-refractivity contribution in [2.45, 2.75) is 59.7 Å². The van der Waals surface area contributed by atoms with Crippen LogP contribution in [0.1, 0.15) is 45.2 Å². The van der Waals surface area contributed by atoms with E-state index in [-0.39, 0.29) is 51.1 Å². The van der Waals surface area contributed by atoms with E-state index in [2.05, 4.69) is 5.32 Å². The summed E-state index contributed by atoms with van der Waals surface area (Å²) in [5, 5.41) is 2.52. The number of ether oxygens (including phenoxy) is 4. The van der Waals surface area contributed by atoms with E-state index in [0.717, 1.165) is 11.1 Å². The van der Waals surface area contributed by atoms with E-state index >= 15 is 0 Å². The fourth-order valence-corrected chi connectivity index (χ4v) is 4.65. The van der Waals surface area contributed by atoms with Crippen molar-refractivity contribution in [2.24, 2.45) is 5.41 Å². The van der Waals surface area contributed by atoms with Crippen LogP contribution >= 0.6 is 0 Å². The highest BCUT2D eigenvalue weighted by Gasteiger charge is 2.40. The van der Waals surface area contributed by atoms with Gasteiger partial charge in [-0.25, -0.2) is 9.59 Å². The fourth-order valence-electron chi connectivity index (χ4n) is 3.55. The van der Waals surface area contributed by atoms with Crippen molar-refractivity contribution in [1.29, 1.82) is 0 Å². The Kier molecular flexibility index (Phi) is 13.9. The average molecular weight is 594 g/mol. The Labute approximate surface area is 241 Å². The minimum atomic E-state index is -3.95. The van der Waals surface area contributed by atoms with Gasteiger partial charge in [-0.1, -0.05) is 74.5 Å². The van der Waals surface area contributed by atoms with Gasteiger partial charge in [0.1, 0.15) is 6.61 Å². The SMILES string of the molecule is CC(=O)NCCCS(=O)(=O)OCC(C)(C)[C@@H](OCc1ccccc1)C(=O)OC(C)OC(=O)COCc1ccccc1. The standard InChI is InChI=1S/C29H39NO10S/c1-22(31)30-16-11-17-41(34,35)38-21-29(3,4)27(37-19-25-14-9-6-10-15-25)28(33)40-23(2)39-26(32)20-36-18-24-12-7-5-8-13-24/h5-10,12-15,23,27H,11,16-21H2,1-4H3,(H,30,31)/t23?,27-/m0/s1. The van der Waals surface area contributed by atoms with Gasteiger partial charge in [0.25, 0.3) is 10.1 Å². The Hall–Kier alpha value is -3.32. The predicted molar refractivity (Wildman–Crippen MR) is 150 cm³/mol. The summed E-state index contributed by atoms with van der Waals surface area (Å²) >= 11 is 0. The smallest absolute Gasteiger partial charge is 0.338 e. The molecule has 12 heteroatoms. The van der Waals surface area contributed by atoms with E-state index in [1.165, 1.54) is 13.8 Å². The number of hydrogen-bond donors (Lipinski definition) is 1. The zero-order valence-electron chi connectivity index (χ0n) is 23.9. The first-order valence-electron chi connectivity index (χ1n) is 13.2. The highest BCUT2D eigenvalue weighted by Crippen LogP contribution is 2.28. The van der Waals surface area contributed by atoms with Crippen LogP contribution in [0.25, 0.3) is 0 Å². The molecule has 11 nitrogen and oxygen atoms in total. The minimum absolute atomic E-state index is 0.0367. The Morgan fingerprint density at radius 2 is 1.49 bits per heavy atom. The van der Waals surface area contributed by atoms with Gasteiger partial charge in [0.15, 0.2) is 6.10 Å². The molecule has 0 bridgehead atoms. The van der Waals surface area contributed by atoms with Crippen molar-refractivity contribution < 1.29 is 45.9 Å². The second-order valence-corrected chi connectivity index (χ2v) is 11.8. The lowest BCUT2D eigenvalue weighted by molar-refractivity contribution is -0.201. The first-order valence-corrected chi connectivity index (χ1v) is 14.7. The van der Waals surface area contributed by atoms with Gasteiger partial charge in [0, 0.05) is 25.8 Å². The Morgan fingerprint density at radius 3 is 2.07 bits per heavy atom. The van der Waals surface area contributed by atoms with Gasteiger partial charge in [0.05, 0.1) is 25.6 Å². The molecule has 1 amide bonds. The van der Waals surface area contributed by atoms with Crippen LogP contribution in [-0.2, 0) is 60.8 Å². The maximum Gasteiger partial charge on any atom is 0.338 e. The van der Waals surface area contributed by atoms with E-state index in [1.54, 1.807) is 13.8 Å². The van der Waals surface area contributed by atoms with Crippen LogP contribution in [0.4, 0.5) is 0 Å². The molecular weight excluding hydrogens is 554 g/mol. The van der Waals surface area contributed by atoms with Crippen molar-refractivity contribution >= 4 is 28.0 Å². The number of carbonyl (C=O) groups excluding carboxylic acids is 3. The largest absolute Gasteiger partial charge is 0.424 e. The van der Waals surface area contributed by atoms with Crippen LogP contribution in [0.5, 0.6) is 0 Å². The molecule has 41 heavy (non-hydrogen) atoms. The average Bonchev–Trinajstić information content (AvgIpc) is 2.91. The van der Waals surface area contributed by atoms with Gasteiger partial charge in [0.2, 0.25) is 12.2 Å². The molecule has 0 radical (unpaired) electrons. The molecule has 2 rings (SSSR count). The molecule has 0 aromatic heterocycles. The van der Waals surface area contributed by atoms with Gasteiger partial charge >= 0.3 is 11.9 Å². The summed E-state index contributed by atoms with van der Waals surface area (Å²) in [5.41, 5.74) is 0.499. The molecule has 0 spiro atoms. The lowest BCUT2D eigenvalue weighted by Crippen LogP contribution is -2.44. The quantitative estimate of drug-likeness (QED) is 0.118. The number of carbonyl (C=O) groups is 3. The van der Waals surface area contributed by atoms with Crippen LogP contribution in [0.15, 0.2) is 60.7 Å². The first-order chi connectivity index (χ1) is 19.4. The summed E-state index contributed by atoms with van der Waals surface area (Å²) in [7, 11) is -3.95. The van der Waals surface area contributed by atoms with Gasteiger partial charge in [-0.15, -0.1) is 0 Å². The molecule has 0 aliphatic rings. The second kappa shape index (κ2) is 16.8. The highest BCUT2D eigenvalue weighted by atomic mass is 32.2. The van der Waals surface area contributed by atoms with Gasteiger partial charge in [-0.3, -0.25) is 8.98 Å². The maximum atomic E-state index is 13.2. The number of benzene rings is 2. The van der Waals surface area contributed by atoms with E-state index < -0.39 is 39.9 Å². The summed E-state index contributed by atoms with van der Waals surface area (Å²) < 4.78 is 51.8. The lowest BCUT2D eigenvalue weighted by Gasteiger charge is -2.32. The third kappa shape index (κ3) is 13.7. The number of hydrogen-bond acceptors (Lipinski definition) is 10. The van der Waals surface area contributed by atoms with Gasteiger partial charge in [-0.2, -0.15) is 8.42 Å². The summed E-state index contributed by atoms with van der Waals surface area (Å²) in [6, 6.07) is 18.4. The van der Waals surface area contributed by atoms with Crippen LogP contribution in [0, 0.1) is 5.41 Å². The predicted octanol–water partition coefficient (Wildman–Crippen LogP) is 3.12. The molecule has 0 heterocycles. The molecule has 0 saturated carbocycles. The Morgan fingerprint density at radius 1 is 0.902 bits per heavy atom. The third-order valence-electron chi connectivity index (χ3n) is 5.65. The summed E-state index contributed by atoms with van der Waals surface area (Å²) in [6.45, 7) is 5.63. The molecule has 0 aliphatic heterocycles. The number of amides is 1. The van der Waals surface area contributed by atoms with E-state index in [9.17, 15) is 22.8 Å². The molecule has 2 atom stereocenters. The van der Waals surface area contributed by atoms with Crippen molar-refractivity contribution in [3.05, 3.63) is 71.8 Å². The Balaban J connectivity index is 1.97. The van der Waals surface area contributed by atoms with Gasteiger partial charge < -0.3 is 24.3 Å². The molecule has 1 unspecified atom stereocenters. The molecule has 226 valence electrons. The molecule has 2 aromatic rings. The summed E-state index contributed by atoms with van der Waals surface area (Å²) in [4.78, 5) is 36.3. The van der Waals surface area contributed by atoms with E-state index in [0.29, 0.717) is 0 Å². The topological polar surface area (TPSA) is 144 Å². The van der Waals surface area contributed by atoms with E-state index in [1.807, 2.05) is 60.7 Å². The van der Waals surface area contributed by atoms with Crippen molar-refractivity contribution in [3.63, 3.8) is 0 Å². The molecule has 0 aliphatic carbocycles. The Bertz CT molecular complexity index is 1200. The zero-order valence-corrected chi connectivity index (χ0v) is 24.7. The number of rotatable bonds is 18. The molecule has 0 fully saturated rings. The minimum Gasteiger partial charge on any atom is -0.424 e. The molecule has 2 aromatic carbocycles. The third-order valence-corrected chi connectivity index (χ3v) is 6.92. The summed E-state index contributed by atoms with van der Waals surface area (Å²) in [5.74, 6) is -2.16. The van der Waals surface area contributed by atoms with Gasteiger partial charge in [-0.05, 0) is 17.5 Å². The summed E-state index contributed by atoms with van der Waals surface area (Å²) in [6.07, 6.45) is -2.36.